The Morgan fingerprint density at radius 3 is 2.00 bits per heavy atom. The van der Waals surface area contributed by atoms with Crippen molar-refractivity contribution in [1.82, 2.24) is 0 Å². The van der Waals surface area contributed by atoms with Gasteiger partial charge >= 0.3 is 0 Å². The molecule has 0 bridgehead atoms. The van der Waals surface area contributed by atoms with Crippen LogP contribution >= 0.6 is 12.4 Å². The van der Waals surface area contributed by atoms with Gasteiger partial charge in [0.2, 0.25) is 0 Å². The highest BCUT2D eigenvalue weighted by Gasteiger charge is 1.97. The molecule has 0 saturated heterocycles. The number of hydrogen-bond donors (Lipinski definition) is 1. The van der Waals surface area contributed by atoms with Crippen molar-refractivity contribution >= 4 is 12.4 Å². The molecule has 0 heterocycles. The van der Waals surface area contributed by atoms with Crippen LogP contribution < -0.4 is 5.73 Å². The summed E-state index contributed by atoms with van der Waals surface area (Å²) in [6.07, 6.45) is -1.45. The van der Waals surface area contributed by atoms with Gasteiger partial charge in [0.05, 0.1) is 0 Å². The predicted octanol–water partition coefficient (Wildman–Crippen LogP) is 0.675. The van der Waals surface area contributed by atoms with Crippen molar-refractivity contribution in [2.24, 2.45) is 5.73 Å². The molecule has 0 amide bonds. The number of alkyl halides is 2. The first kappa shape index (κ1) is 10.2. The van der Waals surface area contributed by atoms with E-state index in [2.05, 4.69) is 5.73 Å². The van der Waals surface area contributed by atoms with Crippen LogP contribution in [-0.4, -0.2) is 19.4 Å². The summed E-state index contributed by atoms with van der Waals surface area (Å²) in [6, 6.07) is 0. The highest BCUT2D eigenvalue weighted by molar-refractivity contribution is 5.85. The molecule has 7 heavy (non-hydrogen) atoms. The molecule has 1 unspecified atom stereocenters. The molecule has 0 spiro atoms. The fourth-order valence-corrected chi connectivity index (χ4v) is 0.0630. The summed E-state index contributed by atoms with van der Waals surface area (Å²) in [5, 5.41) is 0. The van der Waals surface area contributed by atoms with E-state index < -0.39 is 12.8 Å². The predicted molar refractivity (Wildman–Crippen MR) is 27.2 cm³/mol. The Kier molecular flexibility index (Phi) is 8.87. The summed E-state index contributed by atoms with van der Waals surface area (Å²) >= 11 is 0. The van der Waals surface area contributed by atoms with E-state index in [1.807, 2.05) is 0 Å². The van der Waals surface area contributed by atoms with Crippen LogP contribution in [0.3, 0.4) is 0 Å². The normalized spacial score (nSPS) is 12.4. The first-order chi connectivity index (χ1) is 2.81. The Morgan fingerprint density at radius 1 is 1.57 bits per heavy atom. The topological polar surface area (TPSA) is 26.0 Å². The summed E-state index contributed by atoms with van der Waals surface area (Å²) in [5.41, 5.74) is 4.67. The molecule has 46 valence electrons. The molecule has 2 N–H and O–H groups in total. The Bertz CT molecular complexity index is 32.1. The molecule has 0 aromatic rings. The first-order valence-corrected chi connectivity index (χ1v) is 1.71. The van der Waals surface area contributed by atoms with Gasteiger partial charge in [-0.3, -0.25) is 0 Å². The number of nitrogens with two attached hydrogens (primary N) is 1. The molecule has 0 radical (unpaired) electrons. The van der Waals surface area contributed by atoms with Crippen LogP contribution in [0.15, 0.2) is 0 Å². The Morgan fingerprint density at radius 2 is 2.00 bits per heavy atom. The smallest absolute Gasteiger partial charge is 0.140 e. The van der Waals surface area contributed by atoms with E-state index in [0.29, 0.717) is 0 Å². The molecule has 0 aliphatic carbocycles. The van der Waals surface area contributed by atoms with E-state index in [-0.39, 0.29) is 19.0 Å². The molecule has 4 heteroatoms. The maximum absolute atomic E-state index is 11.4. The van der Waals surface area contributed by atoms with E-state index in [1.54, 1.807) is 0 Å². The minimum atomic E-state index is -1.45. The fraction of sp³-hybridized carbons (Fsp3) is 1.00. The molecule has 0 rings (SSSR count). The van der Waals surface area contributed by atoms with Gasteiger partial charge in [0.1, 0.15) is 12.8 Å². The van der Waals surface area contributed by atoms with E-state index in [4.69, 9.17) is 0 Å². The molecule has 0 aliphatic heterocycles. The lowest BCUT2D eigenvalue weighted by molar-refractivity contribution is 0.268. The van der Waals surface area contributed by atoms with Crippen molar-refractivity contribution in [3.63, 3.8) is 0 Å². The first-order valence-electron chi connectivity index (χ1n) is 1.71. The third-order valence-electron chi connectivity index (χ3n) is 0.423. The van der Waals surface area contributed by atoms with Crippen molar-refractivity contribution in [3.05, 3.63) is 0 Å². The third kappa shape index (κ3) is 6.11. The van der Waals surface area contributed by atoms with Gasteiger partial charge in [-0.1, -0.05) is 0 Å². The summed E-state index contributed by atoms with van der Waals surface area (Å²) in [5.74, 6) is 0. The van der Waals surface area contributed by atoms with Crippen LogP contribution in [0.5, 0.6) is 0 Å². The van der Waals surface area contributed by atoms with E-state index in [9.17, 15) is 8.78 Å². The van der Waals surface area contributed by atoms with Crippen molar-refractivity contribution in [2.75, 3.05) is 13.2 Å². The summed E-state index contributed by atoms with van der Waals surface area (Å²) in [4.78, 5) is 0. The molecule has 0 aromatic heterocycles. The number of rotatable bonds is 2. The van der Waals surface area contributed by atoms with Crippen LogP contribution in [0.1, 0.15) is 0 Å². The highest BCUT2D eigenvalue weighted by Crippen LogP contribution is 1.84. The summed E-state index contributed by atoms with van der Waals surface area (Å²) in [6.45, 7) is -1.17. The second kappa shape index (κ2) is 6.11. The van der Waals surface area contributed by atoms with Gasteiger partial charge in [-0.15, -0.1) is 12.4 Å². The number of halogens is 3. The monoisotopic (exact) mass is 131 g/mol. The van der Waals surface area contributed by atoms with Gasteiger partial charge in [0.25, 0.3) is 0 Å². The molecular formula is C3H8ClF2N. The Balaban J connectivity index is 0. The zero-order valence-corrected chi connectivity index (χ0v) is 4.55. The second-order valence-electron chi connectivity index (χ2n) is 0.987. The summed E-state index contributed by atoms with van der Waals surface area (Å²) < 4.78 is 22.3. The minimum absolute atomic E-state index is 0. The molecule has 0 aliphatic rings. The SMILES string of the molecule is Cl.NCC(F)CF. The third-order valence-corrected chi connectivity index (χ3v) is 0.423. The summed E-state index contributed by atoms with van der Waals surface area (Å²) in [7, 11) is 0. The van der Waals surface area contributed by atoms with Crippen LogP contribution in [0, 0.1) is 0 Å². The number of hydrogen-bond acceptors (Lipinski definition) is 1. The van der Waals surface area contributed by atoms with Crippen molar-refractivity contribution in [3.8, 4) is 0 Å². The largest absolute Gasteiger partial charge is 0.328 e. The Labute approximate surface area is 47.3 Å². The van der Waals surface area contributed by atoms with Gasteiger partial charge in [-0.2, -0.15) is 0 Å². The van der Waals surface area contributed by atoms with E-state index in [0.717, 1.165) is 0 Å². The van der Waals surface area contributed by atoms with Crippen LogP contribution in [0.25, 0.3) is 0 Å². The molecule has 1 nitrogen and oxygen atoms in total. The van der Waals surface area contributed by atoms with Gasteiger partial charge in [-0.05, 0) is 0 Å². The van der Waals surface area contributed by atoms with Crippen LogP contribution in [-0.2, 0) is 0 Å². The van der Waals surface area contributed by atoms with Gasteiger partial charge in [0.15, 0.2) is 0 Å². The van der Waals surface area contributed by atoms with E-state index in [1.165, 1.54) is 0 Å². The lowest BCUT2D eigenvalue weighted by atomic mass is 10.4. The van der Waals surface area contributed by atoms with Gasteiger partial charge < -0.3 is 5.73 Å². The van der Waals surface area contributed by atoms with Gasteiger partial charge in [-0.25, -0.2) is 8.78 Å². The zero-order valence-electron chi connectivity index (χ0n) is 3.73. The van der Waals surface area contributed by atoms with Crippen molar-refractivity contribution in [1.29, 1.82) is 0 Å². The molecule has 0 aromatic carbocycles. The fourth-order valence-electron chi connectivity index (χ4n) is 0.0630. The highest BCUT2D eigenvalue weighted by atomic mass is 35.5. The average molecular weight is 132 g/mol. The molecule has 0 fully saturated rings. The average Bonchev–Trinajstić information content (AvgIpc) is 1.65. The maximum Gasteiger partial charge on any atom is 0.140 e. The van der Waals surface area contributed by atoms with Crippen LogP contribution in [0.2, 0.25) is 0 Å². The van der Waals surface area contributed by atoms with Crippen LogP contribution in [0.4, 0.5) is 8.78 Å². The minimum Gasteiger partial charge on any atom is -0.328 e. The standard InChI is InChI=1S/C3H7F2N.ClH/c4-1-3(5)2-6;/h3H,1-2,6H2;1H. The van der Waals surface area contributed by atoms with E-state index >= 15 is 0 Å². The molecular weight excluding hydrogens is 123 g/mol. The quantitative estimate of drug-likeness (QED) is 0.586. The molecule has 1 atom stereocenters. The lowest BCUT2D eigenvalue weighted by Gasteiger charge is -1.91. The zero-order chi connectivity index (χ0) is 4.99. The van der Waals surface area contributed by atoms with Gasteiger partial charge in [0, 0.05) is 6.54 Å². The maximum atomic E-state index is 11.4. The van der Waals surface area contributed by atoms with Crippen molar-refractivity contribution in [2.45, 2.75) is 6.17 Å². The second-order valence-corrected chi connectivity index (χ2v) is 0.987. The van der Waals surface area contributed by atoms with Crippen molar-refractivity contribution < 1.29 is 8.78 Å². The lowest BCUT2D eigenvalue weighted by Crippen LogP contribution is -2.16. The Hall–Kier alpha value is 0.110. The molecule has 0 saturated carbocycles.